The Hall–Kier alpha value is -1.32. The first kappa shape index (κ1) is 12.7. The summed E-state index contributed by atoms with van der Waals surface area (Å²) in [7, 11) is 0. The number of carboxylic acids is 1. The maximum atomic E-state index is 11.4. The lowest BCUT2D eigenvalue weighted by Crippen LogP contribution is -2.29. The van der Waals surface area contributed by atoms with Gasteiger partial charge in [-0.3, -0.25) is 4.79 Å². The molecule has 0 spiro atoms. The predicted molar refractivity (Wildman–Crippen MR) is 53.9 cm³/mol. The molecule has 0 fully saturated rings. The zero-order valence-corrected chi connectivity index (χ0v) is 9.05. The van der Waals surface area contributed by atoms with Gasteiger partial charge in [0.15, 0.2) is 0 Å². The molecule has 0 rings (SSSR count). The van der Waals surface area contributed by atoms with Crippen LogP contribution in [0.2, 0.25) is 0 Å². The van der Waals surface area contributed by atoms with E-state index in [0.717, 1.165) is 0 Å². The number of aliphatic carboxylic acids is 1. The summed E-state index contributed by atoms with van der Waals surface area (Å²) in [5, 5.41) is 11.3. The number of rotatable bonds is 4. The first-order valence-corrected chi connectivity index (χ1v) is 4.55. The maximum absolute atomic E-state index is 11.4. The van der Waals surface area contributed by atoms with Crippen molar-refractivity contribution in [2.75, 3.05) is 6.54 Å². The quantitative estimate of drug-likeness (QED) is 0.668. The van der Waals surface area contributed by atoms with Crippen LogP contribution in [0.3, 0.4) is 0 Å². The molecular formula is C10H17NO3. The van der Waals surface area contributed by atoms with E-state index in [1.165, 1.54) is 13.8 Å². The SMILES string of the molecule is CC(C(=O)O)=C(C)C(=O)NCC(C)C. The van der Waals surface area contributed by atoms with Crippen molar-refractivity contribution in [2.24, 2.45) is 5.92 Å². The minimum absolute atomic E-state index is 0.0891. The van der Waals surface area contributed by atoms with Crippen LogP contribution < -0.4 is 5.32 Å². The minimum Gasteiger partial charge on any atom is -0.478 e. The lowest BCUT2D eigenvalue weighted by atomic mass is 10.1. The third-order valence-corrected chi connectivity index (χ3v) is 1.89. The fraction of sp³-hybridized carbons (Fsp3) is 0.600. The number of hydrogen-bond donors (Lipinski definition) is 2. The lowest BCUT2D eigenvalue weighted by molar-refractivity contribution is -0.133. The van der Waals surface area contributed by atoms with Crippen molar-refractivity contribution in [2.45, 2.75) is 27.7 Å². The Balaban J connectivity index is 4.39. The van der Waals surface area contributed by atoms with Gasteiger partial charge in [0.2, 0.25) is 5.91 Å². The molecule has 0 aromatic carbocycles. The molecule has 0 unspecified atom stereocenters. The monoisotopic (exact) mass is 199 g/mol. The van der Waals surface area contributed by atoms with Crippen LogP contribution in [0.15, 0.2) is 11.1 Å². The van der Waals surface area contributed by atoms with E-state index >= 15 is 0 Å². The second-order valence-corrected chi connectivity index (χ2v) is 3.66. The second-order valence-electron chi connectivity index (χ2n) is 3.66. The Morgan fingerprint density at radius 2 is 1.71 bits per heavy atom. The molecule has 0 heterocycles. The van der Waals surface area contributed by atoms with E-state index in [-0.39, 0.29) is 17.1 Å². The summed E-state index contributed by atoms with van der Waals surface area (Å²) in [4.78, 5) is 21.9. The second kappa shape index (κ2) is 5.42. The zero-order chi connectivity index (χ0) is 11.3. The summed E-state index contributed by atoms with van der Waals surface area (Å²) in [6, 6.07) is 0. The average Bonchev–Trinajstić information content (AvgIpc) is 2.11. The fourth-order valence-electron chi connectivity index (χ4n) is 0.760. The van der Waals surface area contributed by atoms with Crippen molar-refractivity contribution >= 4 is 11.9 Å². The third kappa shape index (κ3) is 4.07. The zero-order valence-electron chi connectivity index (χ0n) is 9.05. The van der Waals surface area contributed by atoms with Crippen LogP contribution in [0.1, 0.15) is 27.7 Å². The summed E-state index contributed by atoms with van der Waals surface area (Å²) < 4.78 is 0. The predicted octanol–water partition coefficient (Wildman–Crippen LogP) is 1.18. The van der Waals surface area contributed by atoms with Gasteiger partial charge in [0.25, 0.3) is 0 Å². The maximum Gasteiger partial charge on any atom is 0.331 e. The van der Waals surface area contributed by atoms with Gasteiger partial charge in [0, 0.05) is 17.7 Å². The van der Waals surface area contributed by atoms with Crippen LogP contribution in [0.4, 0.5) is 0 Å². The molecular weight excluding hydrogens is 182 g/mol. The smallest absolute Gasteiger partial charge is 0.331 e. The Labute approximate surface area is 84.0 Å². The molecule has 2 N–H and O–H groups in total. The number of carbonyl (C=O) groups excluding carboxylic acids is 1. The topological polar surface area (TPSA) is 66.4 Å². The van der Waals surface area contributed by atoms with Crippen LogP contribution >= 0.6 is 0 Å². The molecule has 0 saturated carbocycles. The van der Waals surface area contributed by atoms with Gasteiger partial charge < -0.3 is 10.4 Å². The van der Waals surface area contributed by atoms with E-state index in [4.69, 9.17) is 5.11 Å². The highest BCUT2D eigenvalue weighted by atomic mass is 16.4. The van der Waals surface area contributed by atoms with Gasteiger partial charge in [0.05, 0.1) is 0 Å². The van der Waals surface area contributed by atoms with E-state index in [1.54, 1.807) is 0 Å². The van der Waals surface area contributed by atoms with Crippen LogP contribution in [0, 0.1) is 5.92 Å². The van der Waals surface area contributed by atoms with Crippen molar-refractivity contribution in [3.8, 4) is 0 Å². The Bertz CT molecular complexity index is 267. The Morgan fingerprint density at radius 1 is 1.21 bits per heavy atom. The molecule has 1 amide bonds. The van der Waals surface area contributed by atoms with Gasteiger partial charge in [-0.2, -0.15) is 0 Å². The molecule has 14 heavy (non-hydrogen) atoms. The first-order valence-electron chi connectivity index (χ1n) is 4.55. The molecule has 0 atom stereocenters. The third-order valence-electron chi connectivity index (χ3n) is 1.89. The fourth-order valence-corrected chi connectivity index (χ4v) is 0.760. The molecule has 0 aliphatic rings. The number of nitrogens with one attached hydrogen (secondary N) is 1. The summed E-state index contributed by atoms with van der Waals surface area (Å²) in [6.07, 6.45) is 0. The van der Waals surface area contributed by atoms with E-state index < -0.39 is 5.97 Å². The van der Waals surface area contributed by atoms with E-state index in [9.17, 15) is 9.59 Å². The summed E-state index contributed by atoms with van der Waals surface area (Å²) >= 11 is 0. The summed E-state index contributed by atoms with van der Waals surface area (Å²) in [5.41, 5.74) is 0.351. The molecule has 4 nitrogen and oxygen atoms in total. The number of amides is 1. The highest BCUT2D eigenvalue weighted by Crippen LogP contribution is 2.03. The Kier molecular flexibility index (Phi) is 4.91. The number of carbonyl (C=O) groups is 2. The molecule has 0 saturated heterocycles. The van der Waals surface area contributed by atoms with E-state index in [1.807, 2.05) is 13.8 Å². The molecule has 80 valence electrons. The summed E-state index contributed by atoms with van der Waals surface area (Å²) in [5.74, 6) is -1.00. The van der Waals surface area contributed by atoms with Gasteiger partial charge in [-0.15, -0.1) is 0 Å². The van der Waals surface area contributed by atoms with Crippen molar-refractivity contribution < 1.29 is 14.7 Å². The van der Waals surface area contributed by atoms with Gasteiger partial charge in [-0.1, -0.05) is 13.8 Å². The van der Waals surface area contributed by atoms with Crippen molar-refractivity contribution in [1.29, 1.82) is 0 Å². The molecule has 0 aromatic rings. The largest absolute Gasteiger partial charge is 0.478 e. The van der Waals surface area contributed by atoms with Crippen LogP contribution in [-0.4, -0.2) is 23.5 Å². The van der Waals surface area contributed by atoms with Gasteiger partial charge >= 0.3 is 5.97 Å². The summed E-state index contributed by atoms with van der Waals surface area (Å²) in [6.45, 7) is 7.45. The van der Waals surface area contributed by atoms with Crippen molar-refractivity contribution in [3.05, 3.63) is 11.1 Å². The molecule has 0 aliphatic heterocycles. The highest BCUT2D eigenvalue weighted by Gasteiger charge is 2.12. The highest BCUT2D eigenvalue weighted by molar-refractivity contribution is 6.01. The Morgan fingerprint density at radius 3 is 2.07 bits per heavy atom. The normalized spacial score (nSPS) is 12.4. The van der Waals surface area contributed by atoms with Gasteiger partial charge in [-0.25, -0.2) is 4.79 Å². The minimum atomic E-state index is -1.05. The average molecular weight is 199 g/mol. The van der Waals surface area contributed by atoms with Gasteiger partial charge in [-0.05, 0) is 19.8 Å². The van der Waals surface area contributed by atoms with E-state index in [2.05, 4.69) is 5.32 Å². The molecule has 0 aromatic heterocycles. The standard InChI is InChI=1S/C10H17NO3/c1-6(2)5-11-9(12)7(3)8(4)10(13)14/h6H,5H2,1-4H3,(H,11,12)(H,13,14). The molecule has 4 heteroatoms. The van der Waals surface area contributed by atoms with Crippen molar-refractivity contribution in [1.82, 2.24) is 5.32 Å². The van der Waals surface area contributed by atoms with Crippen LogP contribution in [0.25, 0.3) is 0 Å². The number of hydrogen-bond acceptors (Lipinski definition) is 2. The van der Waals surface area contributed by atoms with Crippen LogP contribution in [-0.2, 0) is 9.59 Å². The first-order chi connectivity index (χ1) is 6.36. The molecule has 0 bridgehead atoms. The van der Waals surface area contributed by atoms with E-state index in [0.29, 0.717) is 12.5 Å². The lowest BCUT2D eigenvalue weighted by Gasteiger charge is -2.08. The van der Waals surface area contributed by atoms with Gasteiger partial charge in [0.1, 0.15) is 0 Å². The van der Waals surface area contributed by atoms with Crippen molar-refractivity contribution in [3.63, 3.8) is 0 Å². The molecule has 0 radical (unpaired) electrons. The van der Waals surface area contributed by atoms with Crippen LogP contribution in [0.5, 0.6) is 0 Å². The number of carboxylic acid groups (broad SMARTS) is 1. The molecule has 0 aliphatic carbocycles.